The molecular weight excluding hydrogens is 388 g/mol. The molecule has 5 nitrogen and oxygen atoms in total. The van der Waals surface area contributed by atoms with Gasteiger partial charge in [0.05, 0.1) is 6.54 Å². The van der Waals surface area contributed by atoms with Crippen molar-refractivity contribution in [3.05, 3.63) is 95.6 Å². The van der Waals surface area contributed by atoms with Gasteiger partial charge in [-0.25, -0.2) is 0 Å². The number of hydrogen-bond acceptors (Lipinski definition) is 4. The van der Waals surface area contributed by atoms with E-state index in [0.717, 1.165) is 22.3 Å². The summed E-state index contributed by atoms with van der Waals surface area (Å²) in [5.41, 5.74) is 10.7. The zero-order valence-corrected chi connectivity index (χ0v) is 17.6. The van der Waals surface area contributed by atoms with E-state index in [1.54, 1.807) is 0 Å². The Hall–Kier alpha value is -3.28. The lowest BCUT2D eigenvalue weighted by Gasteiger charge is -2.20. The Balaban J connectivity index is 1.64. The highest BCUT2D eigenvalue weighted by molar-refractivity contribution is 5.97. The van der Waals surface area contributed by atoms with E-state index in [1.807, 2.05) is 79.7 Å². The van der Waals surface area contributed by atoms with Crippen LogP contribution < -0.4 is 11.1 Å². The maximum Gasteiger partial charge on any atom is 0.321 e. The Kier molecular flexibility index (Phi) is 7.70. The summed E-state index contributed by atoms with van der Waals surface area (Å²) in [5, 5.41) is 12.4. The molecule has 0 aliphatic heterocycles. The third-order valence-corrected chi connectivity index (χ3v) is 5.47. The number of nitrogens with two attached hydrogens (primary N) is 1. The number of Topliss-reactive ketones (excluding diaryl/α,β-unsaturated/α-hetero) is 1. The third kappa shape index (κ3) is 5.87. The lowest BCUT2D eigenvalue weighted by Crippen LogP contribution is -2.36. The summed E-state index contributed by atoms with van der Waals surface area (Å²) in [7, 11) is 0. The van der Waals surface area contributed by atoms with Gasteiger partial charge in [-0.05, 0) is 34.7 Å². The fourth-order valence-electron chi connectivity index (χ4n) is 3.70. The fourth-order valence-corrected chi connectivity index (χ4v) is 3.70. The summed E-state index contributed by atoms with van der Waals surface area (Å²) >= 11 is 0. The van der Waals surface area contributed by atoms with Gasteiger partial charge in [-0.2, -0.15) is 0 Å². The minimum absolute atomic E-state index is 0.0670. The van der Waals surface area contributed by atoms with Gasteiger partial charge in [-0.3, -0.25) is 9.59 Å². The summed E-state index contributed by atoms with van der Waals surface area (Å²) < 4.78 is 0. The van der Waals surface area contributed by atoms with Gasteiger partial charge in [0.1, 0.15) is 6.04 Å². The molecule has 31 heavy (non-hydrogen) atoms. The minimum atomic E-state index is -0.984. The number of aliphatic carboxylic acids is 1. The van der Waals surface area contributed by atoms with Gasteiger partial charge in [-0.15, -0.1) is 0 Å². The van der Waals surface area contributed by atoms with Crippen LogP contribution >= 0.6 is 0 Å². The number of carbonyl (C=O) groups excluding carboxylic acids is 1. The van der Waals surface area contributed by atoms with Crippen LogP contribution in [0.15, 0.2) is 78.9 Å². The first-order valence-corrected chi connectivity index (χ1v) is 10.5. The van der Waals surface area contributed by atoms with Crippen LogP contribution in [0, 0.1) is 0 Å². The molecule has 3 aromatic carbocycles. The minimum Gasteiger partial charge on any atom is -0.480 e. The predicted molar refractivity (Wildman–Crippen MR) is 123 cm³/mol. The quantitative estimate of drug-likeness (QED) is 0.430. The van der Waals surface area contributed by atoms with Crippen LogP contribution in [0.2, 0.25) is 0 Å². The van der Waals surface area contributed by atoms with Gasteiger partial charge in [0.25, 0.3) is 0 Å². The number of carbonyl (C=O) groups is 2. The van der Waals surface area contributed by atoms with Crippen LogP contribution in [0.5, 0.6) is 0 Å². The molecule has 0 aliphatic carbocycles. The van der Waals surface area contributed by atoms with E-state index in [-0.39, 0.29) is 18.2 Å². The number of rotatable bonds is 10. The summed E-state index contributed by atoms with van der Waals surface area (Å²) in [6.07, 6.45) is 0.662. The van der Waals surface area contributed by atoms with Crippen LogP contribution in [0.3, 0.4) is 0 Å². The van der Waals surface area contributed by atoms with Crippen molar-refractivity contribution in [2.75, 3.05) is 6.54 Å². The molecule has 0 saturated heterocycles. The maximum atomic E-state index is 12.2. The van der Waals surface area contributed by atoms with Crippen LogP contribution in [-0.2, 0) is 11.3 Å². The Morgan fingerprint density at radius 3 is 2.29 bits per heavy atom. The molecule has 5 heteroatoms. The Bertz CT molecular complexity index is 1020. The molecule has 2 unspecified atom stereocenters. The summed E-state index contributed by atoms with van der Waals surface area (Å²) in [4.78, 5) is 23.5. The van der Waals surface area contributed by atoms with Gasteiger partial charge < -0.3 is 16.2 Å². The zero-order chi connectivity index (χ0) is 22.2. The highest BCUT2D eigenvalue weighted by atomic mass is 16.4. The second-order valence-corrected chi connectivity index (χ2v) is 7.59. The van der Waals surface area contributed by atoms with E-state index in [2.05, 4.69) is 11.4 Å². The lowest BCUT2D eigenvalue weighted by molar-refractivity contribution is -0.139. The Labute approximate surface area is 182 Å². The van der Waals surface area contributed by atoms with Crippen LogP contribution in [0.25, 0.3) is 11.1 Å². The third-order valence-electron chi connectivity index (χ3n) is 5.47. The predicted octanol–water partition coefficient (Wildman–Crippen LogP) is 4.23. The number of benzene rings is 3. The number of nitrogens with one attached hydrogen (secondary N) is 1. The van der Waals surface area contributed by atoms with Crippen molar-refractivity contribution in [2.24, 2.45) is 5.73 Å². The molecule has 2 atom stereocenters. The van der Waals surface area contributed by atoms with Crippen LogP contribution in [0.1, 0.15) is 40.7 Å². The van der Waals surface area contributed by atoms with Gasteiger partial charge in [0.15, 0.2) is 5.78 Å². The van der Waals surface area contributed by atoms with Gasteiger partial charge in [0, 0.05) is 18.0 Å². The topological polar surface area (TPSA) is 92.4 Å². The molecule has 0 bridgehead atoms. The van der Waals surface area contributed by atoms with Gasteiger partial charge >= 0.3 is 5.97 Å². The second kappa shape index (κ2) is 10.7. The van der Waals surface area contributed by atoms with Crippen molar-refractivity contribution in [2.45, 2.75) is 31.8 Å². The second-order valence-electron chi connectivity index (χ2n) is 7.59. The summed E-state index contributed by atoms with van der Waals surface area (Å²) in [6.45, 7) is 2.82. The SMILES string of the molecule is CCC(c1ccc(-c2cccc(CNCC(=O)c3ccccc3)c2)cc1)C(N)C(=O)O. The molecule has 3 rings (SSSR count). The first kappa shape index (κ1) is 22.4. The van der Waals surface area contributed by atoms with Crippen LogP contribution in [-0.4, -0.2) is 29.4 Å². The van der Waals surface area contributed by atoms with E-state index >= 15 is 0 Å². The van der Waals surface area contributed by atoms with Gasteiger partial charge in [-0.1, -0.05) is 79.7 Å². The molecule has 0 fully saturated rings. The number of ketones is 1. The molecule has 0 spiro atoms. The average molecular weight is 417 g/mol. The molecule has 0 amide bonds. The lowest BCUT2D eigenvalue weighted by atomic mass is 9.88. The Morgan fingerprint density at radius 1 is 0.935 bits per heavy atom. The highest BCUT2D eigenvalue weighted by Crippen LogP contribution is 2.27. The van der Waals surface area contributed by atoms with Crippen molar-refractivity contribution in [3.8, 4) is 11.1 Å². The van der Waals surface area contributed by atoms with Crippen molar-refractivity contribution in [1.82, 2.24) is 5.32 Å². The summed E-state index contributed by atoms with van der Waals surface area (Å²) in [5.74, 6) is -1.14. The largest absolute Gasteiger partial charge is 0.480 e. The van der Waals surface area contributed by atoms with E-state index in [1.165, 1.54) is 0 Å². The molecule has 3 aromatic rings. The summed E-state index contributed by atoms with van der Waals surface area (Å²) in [6, 6.07) is 24.4. The molecule has 0 saturated carbocycles. The molecule has 4 N–H and O–H groups in total. The maximum absolute atomic E-state index is 12.2. The average Bonchev–Trinajstić information content (AvgIpc) is 2.80. The smallest absolute Gasteiger partial charge is 0.321 e. The van der Waals surface area contributed by atoms with Crippen molar-refractivity contribution >= 4 is 11.8 Å². The van der Waals surface area contributed by atoms with Crippen molar-refractivity contribution in [3.63, 3.8) is 0 Å². The van der Waals surface area contributed by atoms with E-state index in [9.17, 15) is 14.7 Å². The first-order valence-electron chi connectivity index (χ1n) is 10.5. The normalized spacial score (nSPS) is 12.8. The van der Waals surface area contributed by atoms with E-state index in [0.29, 0.717) is 18.5 Å². The van der Waals surface area contributed by atoms with Crippen LogP contribution in [0.4, 0.5) is 0 Å². The molecule has 0 heterocycles. The number of carboxylic acids is 1. The number of carboxylic acid groups (broad SMARTS) is 1. The van der Waals surface area contributed by atoms with E-state index < -0.39 is 12.0 Å². The molecule has 0 aliphatic rings. The molecule has 0 radical (unpaired) electrons. The first-order chi connectivity index (χ1) is 15.0. The standard InChI is InChI=1S/C26H28N2O3/c1-2-23(25(27)26(30)31)20-13-11-19(12-14-20)22-10-6-7-18(15-22)16-28-17-24(29)21-8-4-3-5-9-21/h3-15,23,25,28H,2,16-17,27H2,1H3,(H,30,31). The highest BCUT2D eigenvalue weighted by Gasteiger charge is 2.24. The van der Waals surface area contributed by atoms with Crippen molar-refractivity contribution in [1.29, 1.82) is 0 Å². The fraction of sp³-hybridized carbons (Fsp3) is 0.231. The van der Waals surface area contributed by atoms with Gasteiger partial charge in [0.2, 0.25) is 0 Å². The zero-order valence-electron chi connectivity index (χ0n) is 17.6. The molecule has 0 aromatic heterocycles. The number of hydrogen-bond donors (Lipinski definition) is 3. The monoisotopic (exact) mass is 416 g/mol. The Morgan fingerprint density at radius 2 is 1.65 bits per heavy atom. The molecular formula is C26H28N2O3. The van der Waals surface area contributed by atoms with Crippen molar-refractivity contribution < 1.29 is 14.7 Å². The van der Waals surface area contributed by atoms with E-state index in [4.69, 9.17) is 5.73 Å². The molecule has 160 valence electrons.